The van der Waals surface area contributed by atoms with E-state index in [0.717, 1.165) is 31.9 Å². The number of hydrogen-bond donors (Lipinski definition) is 1. The predicted molar refractivity (Wildman–Crippen MR) is 63.5 cm³/mol. The standard InChI is InChI=1S/C12H21N3O/c1-9-10(2)15(8-14-9)6-12(13-3)11-4-5-16-7-11/h8,11-13H,4-7H2,1-3H3. The third kappa shape index (κ3) is 2.28. The fraction of sp³-hybridized carbons (Fsp3) is 0.750. The van der Waals surface area contributed by atoms with Gasteiger partial charge in [-0.25, -0.2) is 4.98 Å². The summed E-state index contributed by atoms with van der Waals surface area (Å²) in [6, 6.07) is 0.481. The largest absolute Gasteiger partial charge is 0.381 e. The van der Waals surface area contributed by atoms with Crippen LogP contribution in [-0.4, -0.2) is 35.9 Å². The summed E-state index contributed by atoms with van der Waals surface area (Å²) in [4.78, 5) is 4.33. The number of likely N-dealkylation sites (N-methyl/N-ethyl adjacent to an activating group) is 1. The maximum atomic E-state index is 5.45. The summed E-state index contributed by atoms with van der Waals surface area (Å²) >= 11 is 0. The molecule has 0 saturated carbocycles. The highest BCUT2D eigenvalue weighted by Crippen LogP contribution is 2.18. The lowest BCUT2D eigenvalue weighted by Gasteiger charge is -2.22. The zero-order chi connectivity index (χ0) is 11.5. The molecule has 2 atom stereocenters. The Labute approximate surface area is 97.0 Å². The summed E-state index contributed by atoms with van der Waals surface area (Å²) in [6.45, 7) is 6.96. The zero-order valence-corrected chi connectivity index (χ0v) is 10.4. The van der Waals surface area contributed by atoms with Crippen LogP contribution in [0.2, 0.25) is 0 Å². The monoisotopic (exact) mass is 223 g/mol. The first-order valence-electron chi connectivity index (χ1n) is 5.95. The first kappa shape index (κ1) is 11.6. The van der Waals surface area contributed by atoms with Crippen LogP contribution in [-0.2, 0) is 11.3 Å². The van der Waals surface area contributed by atoms with Crippen molar-refractivity contribution in [1.29, 1.82) is 0 Å². The number of nitrogens with zero attached hydrogens (tertiary/aromatic N) is 2. The predicted octanol–water partition coefficient (Wildman–Crippen LogP) is 1.12. The molecule has 0 radical (unpaired) electrons. The lowest BCUT2D eigenvalue weighted by Crippen LogP contribution is -2.37. The molecule has 4 heteroatoms. The fourth-order valence-corrected chi connectivity index (χ4v) is 2.29. The normalized spacial score (nSPS) is 22.6. The van der Waals surface area contributed by atoms with E-state index in [1.54, 1.807) is 0 Å². The van der Waals surface area contributed by atoms with Gasteiger partial charge in [-0.05, 0) is 27.3 Å². The van der Waals surface area contributed by atoms with Gasteiger partial charge >= 0.3 is 0 Å². The molecule has 2 rings (SSSR count). The number of rotatable bonds is 4. The van der Waals surface area contributed by atoms with E-state index in [4.69, 9.17) is 4.74 Å². The molecule has 2 unspecified atom stereocenters. The van der Waals surface area contributed by atoms with Crippen LogP contribution in [0, 0.1) is 19.8 Å². The Morgan fingerprint density at radius 1 is 1.62 bits per heavy atom. The van der Waals surface area contributed by atoms with Gasteiger partial charge in [0.2, 0.25) is 0 Å². The molecule has 0 aliphatic carbocycles. The highest BCUT2D eigenvalue weighted by Gasteiger charge is 2.25. The Morgan fingerprint density at radius 2 is 2.44 bits per heavy atom. The second-order valence-corrected chi connectivity index (χ2v) is 4.59. The third-order valence-corrected chi connectivity index (χ3v) is 3.64. The molecule has 0 spiro atoms. The van der Waals surface area contributed by atoms with Crippen molar-refractivity contribution >= 4 is 0 Å². The van der Waals surface area contributed by atoms with E-state index >= 15 is 0 Å². The average molecular weight is 223 g/mol. The molecule has 1 aromatic heterocycles. The quantitative estimate of drug-likeness (QED) is 0.831. The van der Waals surface area contributed by atoms with Crippen LogP contribution in [0.5, 0.6) is 0 Å². The van der Waals surface area contributed by atoms with Gasteiger partial charge in [0.05, 0.1) is 18.6 Å². The number of ether oxygens (including phenoxy) is 1. The Kier molecular flexibility index (Phi) is 3.61. The molecule has 4 nitrogen and oxygen atoms in total. The SMILES string of the molecule is CNC(Cn1cnc(C)c1C)C1CCOC1. The van der Waals surface area contributed by atoms with Crippen LogP contribution in [0.1, 0.15) is 17.8 Å². The van der Waals surface area contributed by atoms with Crippen LogP contribution in [0.4, 0.5) is 0 Å². The number of aryl methyl sites for hydroxylation is 1. The highest BCUT2D eigenvalue weighted by atomic mass is 16.5. The number of nitrogens with one attached hydrogen (secondary N) is 1. The van der Waals surface area contributed by atoms with Gasteiger partial charge in [-0.1, -0.05) is 0 Å². The van der Waals surface area contributed by atoms with Gasteiger partial charge in [0.25, 0.3) is 0 Å². The average Bonchev–Trinajstić information content (AvgIpc) is 2.90. The summed E-state index contributed by atoms with van der Waals surface area (Å²) in [5.74, 6) is 0.632. The van der Waals surface area contributed by atoms with Crippen molar-refractivity contribution in [2.24, 2.45) is 5.92 Å². The van der Waals surface area contributed by atoms with Crippen LogP contribution in [0.25, 0.3) is 0 Å². The molecule has 90 valence electrons. The molecule has 1 fully saturated rings. The number of hydrogen-bond acceptors (Lipinski definition) is 3. The smallest absolute Gasteiger partial charge is 0.0951 e. The van der Waals surface area contributed by atoms with Crippen molar-refractivity contribution in [3.63, 3.8) is 0 Å². The first-order valence-corrected chi connectivity index (χ1v) is 5.95. The second kappa shape index (κ2) is 4.97. The molecular weight excluding hydrogens is 202 g/mol. The Bertz CT molecular complexity index is 342. The van der Waals surface area contributed by atoms with Gasteiger partial charge in [0.1, 0.15) is 0 Å². The van der Waals surface area contributed by atoms with Crippen LogP contribution < -0.4 is 5.32 Å². The fourth-order valence-electron chi connectivity index (χ4n) is 2.29. The Hall–Kier alpha value is -0.870. The zero-order valence-electron chi connectivity index (χ0n) is 10.4. The molecule has 1 aliphatic rings. The lowest BCUT2D eigenvalue weighted by molar-refractivity contribution is 0.175. The van der Waals surface area contributed by atoms with E-state index < -0.39 is 0 Å². The van der Waals surface area contributed by atoms with Gasteiger partial charge in [0, 0.05) is 30.8 Å². The third-order valence-electron chi connectivity index (χ3n) is 3.64. The van der Waals surface area contributed by atoms with E-state index in [1.165, 1.54) is 5.69 Å². The van der Waals surface area contributed by atoms with E-state index in [9.17, 15) is 0 Å². The van der Waals surface area contributed by atoms with Gasteiger partial charge in [-0.2, -0.15) is 0 Å². The minimum atomic E-state index is 0.481. The summed E-state index contributed by atoms with van der Waals surface area (Å²) in [7, 11) is 2.03. The molecule has 0 aromatic carbocycles. The van der Waals surface area contributed by atoms with Gasteiger partial charge in [-0.3, -0.25) is 0 Å². The second-order valence-electron chi connectivity index (χ2n) is 4.59. The van der Waals surface area contributed by atoms with E-state index in [-0.39, 0.29) is 0 Å². The maximum Gasteiger partial charge on any atom is 0.0951 e. The van der Waals surface area contributed by atoms with Crippen molar-refractivity contribution in [3.8, 4) is 0 Å². The summed E-state index contributed by atoms with van der Waals surface area (Å²) < 4.78 is 7.68. The topological polar surface area (TPSA) is 39.1 Å². The van der Waals surface area contributed by atoms with Gasteiger partial charge in [-0.15, -0.1) is 0 Å². The Balaban J connectivity index is 2.03. The van der Waals surface area contributed by atoms with E-state index in [1.807, 2.05) is 13.4 Å². The van der Waals surface area contributed by atoms with Crippen LogP contribution in [0.15, 0.2) is 6.33 Å². The van der Waals surface area contributed by atoms with Crippen LogP contribution in [0.3, 0.4) is 0 Å². The van der Waals surface area contributed by atoms with Crippen LogP contribution >= 0.6 is 0 Å². The van der Waals surface area contributed by atoms with E-state index in [0.29, 0.717) is 12.0 Å². The molecule has 2 heterocycles. The van der Waals surface area contributed by atoms with E-state index in [2.05, 4.69) is 28.7 Å². The molecular formula is C12H21N3O. The Morgan fingerprint density at radius 3 is 2.94 bits per heavy atom. The summed E-state index contributed by atoms with van der Waals surface area (Å²) in [5.41, 5.74) is 2.39. The molecule has 16 heavy (non-hydrogen) atoms. The number of imidazole rings is 1. The molecule has 1 N–H and O–H groups in total. The highest BCUT2D eigenvalue weighted by molar-refractivity contribution is 5.08. The first-order chi connectivity index (χ1) is 7.72. The maximum absolute atomic E-state index is 5.45. The van der Waals surface area contributed by atoms with Crippen molar-refractivity contribution in [2.75, 3.05) is 20.3 Å². The molecule has 0 bridgehead atoms. The molecule has 1 saturated heterocycles. The van der Waals surface area contributed by atoms with Crippen molar-refractivity contribution in [3.05, 3.63) is 17.7 Å². The molecule has 1 aliphatic heterocycles. The van der Waals surface area contributed by atoms with Crippen molar-refractivity contribution in [2.45, 2.75) is 32.9 Å². The molecule has 1 aromatic rings. The lowest BCUT2D eigenvalue weighted by atomic mass is 9.99. The van der Waals surface area contributed by atoms with Gasteiger partial charge < -0.3 is 14.6 Å². The van der Waals surface area contributed by atoms with Crippen molar-refractivity contribution in [1.82, 2.24) is 14.9 Å². The molecule has 0 amide bonds. The van der Waals surface area contributed by atoms with Gasteiger partial charge in [0.15, 0.2) is 0 Å². The van der Waals surface area contributed by atoms with Crippen molar-refractivity contribution < 1.29 is 4.74 Å². The minimum absolute atomic E-state index is 0.481. The number of aromatic nitrogens is 2. The summed E-state index contributed by atoms with van der Waals surface area (Å²) in [5, 5.41) is 3.40. The summed E-state index contributed by atoms with van der Waals surface area (Å²) in [6.07, 6.45) is 3.10. The minimum Gasteiger partial charge on any atom is -0.381 e.